The SMILES string of the molecule is CCCCCc1ccc(C2CCC(OC/C(CC)=C(F)/C(F)=C(\C)OC)CO2)cc1. The van der Waals surface area contributed by atoms with E-state index in [1.807, 2.05) is 0 Å². The van der Waals surface area contributed by atoms with E-state index in [1.165, 1.54) is 44.4 Å². The molecule has 2 atom stereocenters. The number of aryl methyl sites for hydroxylation is 1. The molecule has 0 saturated carbocycles. The third-order valence-corrected chi connectivity index (χ3v) is 5.69. The Kier molecular flexibility index (Phi) is 10.5. The van der Waals surface area contributed by atoms with E-state index in [0.717, 1.165) is 19.3 Å². The second kappa shape index (κ2) is 12.9. The predicted octanol–water partition coefficient (Wildman–Crippen LogP) is 7.14. The molecule has 5 heteroatoms. The van der Waals surface area contributed by atoms with Crippen molar-refractivity contribution in [3.63, 3.8) is 0 Å². The average Bonchev–Trinajstić information content (AvgIpc) is 2.79. The Labute approximate surface area is 180 Å². The molecule has 2 unspecified atom stereocenters. The van der Waals surface area contributed by atoms with Gasteiger partial charge < -0.3 is 14.2 Å². The van der Waals surface area contributed by atoms with Crippen LogP contribution in [0, 0.1) is 0 Å². The summed E-state index contributed by atoms with van der Waals surface area (Å²) in [7, 11) is 1.32. The van der Waals surface area contributed by atoms with Crippen LogP contribution < -0.4 is 0 Å². The molecule has 3 nitrogen and oxygen atoms in total. The first-order valence-corrected chi connectivity index (χ1v) is 11.1. The summed E-state index contributed by atoms with van der Waals surface area (Å²) in [6.07, 6.45) is 6.86. The van der Waals surface area contributed by atoms with Crippen molar-refractivity contribution in [1.29, 1.82) is 0 Å². The number of benzene rings is 1. The van der Waals surface area contributed by atoms with Gasteiger partial charge in [0.2, 0.25) is 0 Å². The molecule has 1 fully saturated rings. The minimum atomic E-state index is -0.962. The summed E-state index contributed by atoms with van der Waals surface area (Å²) in [5.41, 5.74) is 2.86. The van der Waals surface area contributed by atoms with Gasteiger partial charge in [-0.3, -0.25) is 0 Å². The van der Waals surface area contributed by atoms with Gasteiger partial charge in [-0.2, -0.15) is 0 Å². The number of halogens is 2. The van der Waals surface area contributed by atoms with Crippen LogP contribution in [0.15, 0.2) is 47.3 Å². The molecule has 30 heavy (non-hydrogen) atoms. The second-order valence-electron chi connectivity index (χ2n) is 7.88. The van der Waals surface area contributed by atoms with Crippen molar-refractivity contribution in [2.45, 2.75) is 77.9 Å². The number of hydrogen-bond donors (Lipinski definition) is 0. The fraction of sp³-hybridized carbons (Fsp3) is 0.600. The molecule has 0 N–H and O–H groups in total. The van der Waals surface area contributed by atoms with Crippen LogP contribution in [0.3, 0.4) is 0 Å². The molecule has 1 aromatic carbocycles. The van der Waals surface area contributed by atoms with Gasteiger partial charge in [-0.1, -0.05) is 51.0 Å². The van der Waals surface area contributed by atoms with Gasteiger partial charge in [-0.25, -0.2) is 8.78 Å². The monoisotopic (exact) mass is 422 g/mol. The summed E-state index contributed by atoms with van der Waals surface area (Å²) in [6.45, 7) is 5.91. The molecule has 0 radical (unpaired) electrons. The molecule has 0 spiro atoms. The maximum absolute atomic E-state index is 14.3. The van der Waals surface area contributed by atoms with Crippen LogP contribution in [0.2, 0.25) is 0 Å². The Balaban J connectivity index is 1.84. The van der Waals surface area contributed by atoms with E-state index in [9.17, 15) is 8.78 Å². The van der Waals surface area contributed by atoms with Gasteiger partial charge >= 0.3 is 0 Å². The molecule has 0 aliphatic carbocycles. The quantitative estimate of drug-likeness (QED) is 0.215. The molecule has 0 aromatic heterocycles. The zero-order chi connectivity index (χ0) is 21.9. The molecule has 0 amide bonds. The summed E-state index contributed by atoms with van der Waals surface area (Å²) in [5, 5.41) is 0. The fourth-order valence-corrected chi connectivity index (χ4v) is 3.54. The zero-order valence-electron chi connectivity index (χ0n) is 18.8. The molecular weight excluding hydrogens is 386 g/mol. The smallest absolute Gasteiger partial charge is 0.196 e. The number of unbranched alkanes of at least 4 members (excludes halogenated alkanes) is 2. The number of ether oxygens (including phenoxy) is 3. The summed E-state index contributed by atoms with van der Waals surface area (Å²) in [6, 6.07) is 8.71. The molecule has 1 heterocycles. The minimum Gasteiger partial charge on any atom is -0.498 e. The summed E-state index contributed by atoms with van der Waals surface area (Å²) in [4.78, 5) is 0. The van der Waals surface area contributed by atoms with Crippen molar-refractivity contribution in [2.24, 2.45) is 0 Å². The van der Waals surface area contributed by atoms with E-state index in [4.69, 9.17) is 14.2 Å². The third kappa shape index (κ3) is 7.21. The van der Waals surface area contributed by atoms with Crippen LogP contribution in [0.1, 0.15) is 76.5 Å². The van der Waals surface area contributed by atoms with Crippen molar-refractivity contribution in [2.75, 3.05) is 20.3 Å². The van der Waals surface area contributed by atoms with E-state index in [0.29, 0.717) is 18.6 Å². The lowest BCUT2D eigenvalue weighted by Crippen LogP contribution is -2.28. The Morgan fingerprint density at radius 3 is 2.37 bits per heavy atom. The standard InChI is InChI=1S/C25H36F2O3/c1-5-7-8-9-19-10-12-21(13-11-19)23-15-14-22(17-30-23)29-16-20(6-2)25(27)24(26)18(3)28-4/h10-13,22-23H,5-9,14-17H2,1-4H3/b24-18-,25-20-. The molecule has 168 valence electrons. The summed E-state index contributed by atoms with van der Waals surface area (Å²) < 4.78 is 44.9. The number of hydrogen-bond acceptors (Lipinski definition) is 3. The van der Waals surface area contributed by atoms with Crippen molar-refractivity contribution >= 4 is 0 Å². The number of methoxy groups -OCH3 is 1. The van der Waals surface area contributed by atoms with Gasteiger partial charge in [0.1, 0.15) is 5.76 Å². The van der Waals surface area contributed by atoms with Gasteiger partial charge in [0.05, 0.1) is 32.5 Å². The predicted molar refractivity (Wildman–Crippen MR) is 117 cm³/mol. The van der Waals surface area contributed by atoms with Crippen LogP contribution >= 0.6 is 0 Å². The molecule has 1 saturated heterocycles. The fourth-order valence-electron chi connectivity index (χ4n) is 3.54. The van der Waals surface area contributed by atoms with E-state index >= 15 is 0 Å². The number of allylic oxidation sites excluding steroid dienone is 3. The maximum Gasteiger partial charge on any atom is 0.196 e. The van der Waals surface area contributed by atoms with E-state index < -0.39 is 11.7 Å². The van der Waals surface area contributed by atoms with E-state index in [1.54, 1.807) is 6.92 Å². The number of rotatable bonds is 11. The molecule has 1 aliphatic heterocycles. The largest absolute Gasteiger partial charge is 0.498 e. The first kappa shape index (κ1) is 24.5. The van der Waals surface area contributed by atoms with E-state index in [-0.39, 0.29) is 24.6 Å². The maximum atomic E-state index is 14.3. The molecule has 1 aliphatic rings. The Hall–Kier alpha value is -1.72. The molecule has 1 aromatic rings. The Morgan fingerprint density at radius 2 is 1.80 bits per heavy atom. The van der Waals surface area contributed by atoms with Crippen molar-refractivity contribution in [1.82, 2.24) is 0 Å². The highest BCUT2D eigenvalue weighted by molar-refractivity contribution is 5.27. The third-order valence-electron chi connectivity index (χ3n) is 5.69. The van der Waals surface area contributed by atoms with Crippen LogP contribution in [-0.2, 0) is 20.6 Å². The Bertz CT molecular complexity index is 702. The average molecular weight is 423 g/mol. The second-order valence-corrected chi connectivity index (χ2v) is 7.88. The molecular formula is C25H36F2O3. The van der Waals surface area contributed by atoms with Gasteiger partial charge in [0.15, 0.2) is 11.7 Å². The topological polar surface area (TPSA) is 27.7 Å². The minimum absolute atomic E-state index is 0.0535. The van der Waals surface area contributed by atoms with Crippen molar-refractivity contribution in [3.05, 3.63) is 58.4 Å². The lowest BCUT2D eigenvalue weighted by Gasteiger charge is -2.29. The van der Waals surface area contributed by atoms with Crippen LogP contribution in [0.5, 0.6) is 0 Å². The lowest BCUT2D eigenvalue weighted by molar-refractivity contribution is -0.0824. The van der Waals surface area contributed by atoms with Gasteiger partial charge in [-0.05, 0) is 55.7 Å². The Morgan fingerprint density at radius 1 is 1.07 bits per heavy atom. The van der Waals surface area contributed by atoms with Crippen LogP contribution in [0.25, 0.3) is 0 Å². The molecule has 2 rings (SSSR count). The van der Waals surface area contributed by atoms with Gasteiger partial charge in [0, 0.05) is 0 Å². The zero-order valence-corrected chi connectivity index (χ0v) is 18.8. The summed E-state index contributed by atoms with van der Waals surface area (Å²) >= 11 is 0. The highest BCUT2D eigenvalue weighted by Gasteiger charge is 2.24. The van der Waals surface area contributed by atoms with Gasteiger partial charge in [0.25, 0.3) is 0 Å². The van der Waals surface area contributed by atoms with Crippen LogP contribution in [-0.4, -0.2) is 26.4 Å². The van der Waals surface area contributed by atoms with E-state index in [2.05, 4.69) is 31.2 Å². The highest BCUT2D eigenvalue weighted by atomic mass is 19.2. The van der Waals surface area contributed by atoms with Crippen LogP contribution in [0.4, 0.5) is 8.78 Å². The first-order chi connectivity index (χ1) is 14.5. The summed E-state index contributed by atoms with van der Waals surface area (Å²) in [5.74, 6) is -1.92. The highest BCUT2D eigenvalue weighted by Crippen LogP contribution is 2.30. The van der Waals surface area contributed by atoms with Crippen molar-refractivity contribution < 1.29 is 23.0 Å². The first-order valence-electron chi connectivity index (χ1n) is 11.1. The lowest BCUT2D eigenvalue weighted by atomic mass is 9.98. The van der Waals surface area contributed by atoms with Crippen molar-refractivity contribution in [3.8, 4) is 0 Å². The van der Waals surface area contributed by atoms with Gasteiger partial charge in [-0.15, -0.1) is 0 Å². The normalized spacial score (nSPS) is 21.1. The molecule has 0 bridgehead atoms.